The van der Waals surface area contributed by atoms with Crippen LogP contribution in [0.15, 0.2) is 40.1 Å². The monoisotopic (exact) mass is 255 g/mol. The predicted molar refractivity (Wildman–Crippen MR) is 65.0 cm³/mol. The van der Waals surface area contributed by atoms with Crippen molar-refractivity contribution in [3.8, 4) is 0 Å². The fourth-order valence-corrected chi connectivity index (χ4v) is 2.21. The maximum atomic E-state index is 11.8. The van der Waals surface area contributed by atoms with E-state index in [-0.39, 0.29) is 12.3 Å². The van der Waals surface area contributed by atoms with E-state index in [1.54, 1.807) is 6.92 Å². The van der Waals surface area contributed by atoms with Gasteiger partial charge in [-0.25, -0.2) is 0 Å². The van der Waals surface area contributed by atoms with Gasteiger partial charge in [0.1, 0.15) is 5.41 Å². The van der Waals surface area contributed by atoms with E-state index in [9.17, 15) is 14.7 Å². The summed E-state index contributed by atoms with van der Waals surface area (Å²) in [5.41, 5.74) is 0.797. The molecule has 0 amide bonds. The van der Waals surface area contributed by atoms with E-state index in [4.69, 9.17) is 5.11 Å². The Morgan fingerprint density at radius 1 is 1.47 bits per heavy atom. The van der Waals surface area contributed by atoms with E-state index in [1.165, 1.54) is 29.7 Å². The van der Waals surface area contributed by atoms with Crippen LogP contribution in [0, 0.1) is 10.1 Å². The third-order valence-electron chi connectivity index (χ3n) is 2.09. The zero-order valence-electron chi connectivity index (χ0n) is 9.33. The lowest BCUT2D eigenvalue weighted by Gasteiger charge is -2.06. The number of nitro groups is 1. The van der Waals surface area contributed by atoms with Crippen molar-refractivity contribution >= 4 is 16.9 Å². The predicted octanol–water partition coefficient (Wildman–Crippen LogP) is 1.99. The first-order valence-electron chi connectivity index (χ1n) is 4.98. The van der Waals surface area contributed by atoms with Gasteiger partial charge in [-0.3, -0.25) is 10.1 Å². The van der Waals surface area contributed by atoms with Crippen molar-refractivity contribution < 1.29 is 14.6 Å². The molecular weight excluding hydrogens is 242 g/mol. The molecule has 0 bridgehead atoms. The first kappa shape index (κ1) is 13.7. The third-order valence-corrected chi connectivity index (χ3v) is 3.45. The molecule has 1 aromatic rings. The van der Waals surface area contributed by atoms with Crippen LogP contribution >= 0.6 is 0 Å². The summed E-state index contributed by atoms with van der Waals surface area (Å²) in [6, 6.07) is 5.58. The molecule has 0 saturated heterocycles. The molecule has 0 aliphatic rings. The molecule has 6 heteroatoms. The van der Waals surface area contributed by atoms with E-state index in [2.05, 4.69) is 0 Å². The van der Waals surface area contributed by atoms with Crippen LogP contribution in [-0.4, -0.2) is 21.2 Å². The van der Waals surface area contributed by atoms with Crippen molar-refractivity contribution in [2.24, 2.45) is 0 Å². The van der Waals surface area contributed by atoms with Crippen molar-refractivity contribution in [2.75, 3.05) is 6.61 Å². The lowest BCUT2D eigenvalue weighted by Crippen LogP contribution is -1.99. The van der Waals surface area contributed by atoms with Crippen LogP contribution in [0.25, 0.3) is 0 Å². The number of hydrogen-bond acceptors (Lipinski definition) is 4. The molecular formula is C11H13NO4S. The van der Waals surface area contributed by atoms with Gasteiger partial charge in [-0.05, 0) is 18.9 Å². The minimum Gasteiger partial charge on any atom is -0.607 e. The van der Waals surface area contributed by atoms with Crippen LogP contribution in [0.4, 0.5) is 5.69 Å². The van der Waals surface area contributed by atoms with Gasteiger partial charge in [-0.1, -0.05) is 0 Å². The minimum absolute atomic E-state index is 0.0137. The number of non-ortho nitro benzene ring substituents is 1. The maximum absolute atomic E-state index is 11.8. The van der Waals surface area contributed by atoms with E-state index >= 15 is 0 Å². The van der Waals surface area contributed by atoms with Gasteiger partial charge in [0.15, 0.2) is 4.90 Å². The highest BCUT2D eigenvalue weighted by Gasteiger charge is 2.11. The van der Waals surface area contributed by atoms with Crippen LogP contribution < -0.4 is 0 Å². The normalized spacial score (nSPS) is 13.5. The summed E-state index contributed by atoms with van der Waals surface area (Å²) >= 11 is -1.33. The van der Waals surface area contributed by atoms with Gasteiger partial charge >= 0.3 is 0 Å². The summed E-state index contributed by atoms with van der Waals surface area (Å²) in [5.74, 6) is 0. The Balaban J connectivity index is 2.79. The summed E-state index contributed by atoms with van der Waals surface area (Å²) in [4.78, 5) is 10.4. The topological polar surface area (TPSA) is 86.4 Å². The Morgan fingerprint density at radius 3 is 2.53 bits per heavy atom. The zero-order chi connectivity index (χ0) is 12.8. The fourth-order valence-electron chi connectivity index (χ4n) is 1.19. The molecule has 0 fully saturated rings. The fraction of sp³-hybridized carbons (Fsp3) is 0.273. The lowest BCUT2D eigenvalue weighted by molar-refractivity contribution is -0.384. The van der Waals surface area contributed by atoms with Crippen molar-refractivity contribution in [1.29, 1.82) is 0 Å². The van der Waals surface area contributed by atoms with Gasteiger partial charge in [0.05, 0.1) is 4.92 Å². The molecule has 0 heterocycles. The van der Waals surface area contributed by atoms with Crippen molar-refractivity contribution in [2.45, 2.75) is 18.2 Å². The smallest absolute Gasteiger partial charge is 0.269 e. The highest BCUT2D eigenvalue weighted by atomic mass is 32.2. The van der Waals surface area contributed by atoms with Gasteiger partial charge < -0.3 is 9.66 Å². The standard InChI is InChI=1S/C11H13NO4S/c1-9(6-7-13)8-17(16)11-4-2-10(3-5-11)12(14)15/h2-5,8,13H,6-7H2,1H3. The number of aliphatic hydroxyl groups is 1. The molecule has 1 rings (SSSR count). The first-order chi connectivity index (χ1) is 8.04. The molecule has 0 radical (unpaired) electrons. The SMILES string of the molecule is CC(=C[S+]([O-])c1ccc([N+](=O)[O-])cc1)CCO. The summed E-state index contributed by atoms with van der Waals surface area (Å²) in [7, 11) is 0. The number of nitrogens with zero attached hydrogens (tertiary/aromatic N) is 1. The maximum Gasteiger partial charge on any atom is 0.269 e. The van der Waals surface area contributed by atoms with E-state index in [0.29, 0.717) is 11.3 Å². The molecule has 1 N–H and O–H groups in total. The highest BCUT2D eigenvalue weighted by Crippen LogP contribution is 2.19. The number of benzene rings is 1. The number of aliphatic hydroxyl groups excluding tert-OH is 1. The number of nitro benzene ring substituents is 1. The number of hydrogen-bond donors (Lipinski definition) is 1. The molecule has 5 nitrogen and oxygen atoms in total. The molecule has 0 aliphatic carbocycles. The molecule has 1 aromatic carbocycles. The average molecular weight is 255 g/mol. The van der Waals surface area contributed by atoms with Crippen molar-refractivity contribution in [1.82, 2.24) is 0 Å². The van der Waals surface area contributed by atoms with Crippen LogP contribution in [-0.2, 0) is 11.2 Å². The van der Waals surface area contributed by atoms with Gasteiger partial charge in [0, 0.05) is 42.0 Å². The summed E-state index contributed by atoms with van der Waals surface area (Å²) in [5, 5.41) is 20.7. The Kier molecular flexibility index (Phi) is 5.14. The lowest BCUT2D eigenvalue weighted by atomic mass is 10.3. The van der Waals surface area contributed by atoms with Crippen LogP contribution in [0.2, 0.25) is 0 Å². The molecule has 0 spiro atoms. The van der Waals surface area contributed by atoms with Gasteiger partial charge in [0.2, 0.25) is 0 Å². The van der Waals surface area contributed by atoms with Gasteiger partial charge in [-0.15, -0.1) is 0 Å². The summed E-state index contributed by atoms with van der Waals surface area (Å²) in [6.07, 6.45) is 0.471. The Bertz CT molecular complexity index is 416. The Morgan fingerprint density at radius 2 is 2.06 bits per heavy atom. The molecule has 0 saturated carbocycles. The number of rotatable bonds is 5. The largest absolute Gasteiger partial charge is 0.607 e. The quantitative estimate of drug-likeness (QED) is 0.495. The second kappa shape index (κ2) is 6.39. The zero-order valence-corrected chi connectivity index (χ0v) is 10.1. The van der Waals surface area contributed by atoms with E-state index < -0.39 is 16.1 Å². The summed E-state index contributed by atoms with van der Waals surface area (Å²) in [6.45, 7) is 1.79. The van der Waals surface area contributed by atoms with Crippen molar-refractivity contribution in [3.05, 3.63) is 45.4 Å². The molecule has 0 aromatic heterocycles. The van der Waals surface area contributed by atoms with Crippen LogP contribution in [0.5, 0.6) is 0 Å². The van der Waals surface area contributed by atoms with Gasteiger partial charge in [-0.2, -0.15) is 0 Å². The van der Waals surface area contributed by atoms with E-state index in [0.717, 1.165) is 5.57 Å². The second-order valence-electron chi connectivity index (χ2n) is 3.49. The first-order valence-corrected chi connectivity index (χ1v) is 6.19. The molecule has 92 valence electrons. The Labute approximate surface area is 102 Å². The second-order valence-corrected chi connectivity index (χ2v) is 4.79. The van der Waals surface area contributed by atoms with E-state index in [1.807, 2.05) is 0 Å². The van der Waals surface area contributed by atoms with Crippen molar-refractivity contribution in [3.63, 3.8) is 0 Å². The van der Waals surface area contributed by atoms with Crippen LogP contribution in [0.1, 0.15) is 13.3 Å². The molecule has 0 aliphatic heterocycles. The Hall–Kier alpha value is -1.37. The minimum atomic E-state index is -1.33. The highest BCUT2D eigenvalue weighted by molar-refractivity contribution is 7.94. The summed E-state index contributed by atoms with van der Waals surface area (Å²) < 4.78 is 11.8. The third kappa shape index (κ3) is 4.18. The average Bonchev–Trinajstić information content (AvgIpc) is 2.29. The van der Waals surface area contributed by atoms with Crippen LogP contribution in [0.3, 0.4) is 0 Å². The molecule has 1 unspecified atom stereocenters. The van der Waals surface area contributed by atoms with Gasteiger partial charge in [0.25, 0.3) is 5.69 Å². The molecule has 17 heavy (non-hydrogen) atoms. The molecule has 1 atom stereocenters.